The molecule has 3 rings (SSSR count). The standard InChI is InChI=1S/C19H29F2N5/c1-12(8-9-19(4,20)21)13(2)16-11-26-18(23-16)24-17(14(3)25-26)15-7-5-6-10-22-15/h11-13,15,22H,5-10H2,1-4H3. The fourth-order valence-corrected chi connectivity index (χ4v) is 3.59. The Bertz CT molecular complexity index is 746. The van der Waals surface area contributed by atoms with Crippen molar-refractivity contribution in [1.82, 2.24) is 24.9 Å². The number of alkyl halides is 2. The van der Waals surface area contributed by atoms with Crippen molar-refractivity contribution in [3.8, 4) is 0 Å². The molecule has 1 aliphatic heterocycles. The van der Waals surface area contributed by atoms with Crippen molar-refractivity contribution in [3.63, 3.8) is 0 Å². The van der Waals surface area contributed by atoms with Gasteiger partial charge in [0.1, 0.15) is 0 Å². The van der Waals surface area contributed by atoms with Crippen LogP contribution in [0.4, 0.5) is 8.78 Å². The molecule has 3 heterocycles. The molecule has 7 heteroatoms. The van der Waals surface area contributed by atoms with Crippen molar-refractivity contribution in [3.05, 3.63) is 23.3 Å². The largest absolute Gasteiger partial charge is 0.309 e. The summed E-state index contributed by atoms with van der Waals surface area (Å²) in [6, 6.07) is 0.240. The highest BCUT2D eigenvalue weighted by Gasteiger charge is 2.26. The highest BCUT2D eigenvalue weighted by molar-refractivity contribution is 5.33. The molecule has 26 heavy (non-hydrogen) atoms. The zero-order chi connectivity index (χ0) is 18.9. The minimum Gasteiger partial charge on any atom is -0.309 e. The van der Waals surface area contributed by atoms with Crippen molar-refractivity contribution in [2.45, 2.75) is 77.7 Å². The fourth-order valence-electron chi connectivity index (χ4n) is 3.59. The Labute approximate surface area is 153 Å². The zero-order valence-corrected chi connectivity index (χ0v) is 16.1. The monoisotopic (exact) mass is 365 g/mol. The summed E-state index contributed by atoms with van der Waals surface area (Å²) in [5.41, 5.74) is 2.75. The molecule has 3 unspecified atom stereocenters. The van der Waals surface area contributed by atoms with Crippen LogP contribution in [-0.2, 0) is 0 Å². The van der Waals surface area contributed by atoms with Gasteiger partial charge in [0.15, 0.2) is 0 Å². The molecule has 1 aliphatic rings. The number of rotatable bonds is 6. The fraction of sp³-hybridized carbons (Fsp3) is 0.737. The zero-order valence-electron chi connectivity index (χ0n) is 16.1. The highest BCUT2D eigenvalue weighted by atomic mass is 19.3. The van der Waals surface area contributed by atoms with E-state index in [9.17, 15) is 8.78 Å². The van der Waals surface area contributed by atoms with E-state index >= 15 is 0 Å². The summed E-state index contributed by atoms with van der Waals surface area (Å²) in [6.45, 7) is 8.01. The van der Waals surface area contributed by atoms with Gasteiger partial charge in [-0.05, 0) is 45.6 Å². The molecule has 3 atom stereocenters. The number of aryl methyl sites for hydroxylation is 1. The van der Waals surface area contributed by atoms with Crippen LogP contribution in [0.5, 0.6) is 0 Å². The third-order valence-corrected chi connectivity index (χ3v) is 5.54. The Morgan fingerprint density at radius 2 is 2.08 bits per heavy atom. The van der Waals surface area contributed by atoms with Crippen molar-refractivity contribution >= 4 is 5.78 Å². The van der Waals surface area contributed by atoms with Gasteiger partial charge in [-0.1, -0.05) is 20.3 Å². The topological polar surface area (TPSA) is 55.1 Å². The molecule has 0 amide bonds. The van der Waals surface area contributed by atoms with E-state index in [4.69, 9.17) is 4.98 Å². The van der Waals surface area contributed by atoms with Gasteiger partial charge >= 0.3 is 0 Å². The lowest BCUT2D eigenvalue weighted by Gasteiger charge is -2.23. The molecule has 2 aromatic rings. The summed E-state index contributed by atoms with van der Waals surface area (Å²) in [5.74, 6) is -1.83. The number of fused-ring (bicyclic) bond motifs is 1. The summed E-state index contributed by atoms with van der Waals surface area (Å²) in [5, 5.41) is 8.14. The van der Waals surface area contributed by atoms with E-state index in [1.54, 1.807) is 4.52 Å². The second kappa shape index (κ2) is 7.55. The minimum atomic E-state index is -2.62. The Morgan fingerprint density at radius 3 is 2.73 bits per heavy atom. The van der Waals surface area contributed by atoms with E-state index in [-0.39, 0.29) is 24.3 Å². The number of nitrogens with one attached hydrogen (secondary N) is 1. The molecule has 0 saturated carbocycles. The molecule has 0 bridgehead atoms. The smallest absolute Gasteiger partial charge is 0.251 e. The van der Waals surface area contributed by atoms with Crippen molar-refractivity contribution in [1.29, 1.82) is 0 Å². The molecular weight excluding hydrogens is 336 g/mol. The average molecular weight is 365 g/mol. The van der Waals surface area contributed by atoms with Gasteiger partial charge in [0.05, 0.1) is 29.3 Å². The summed E-state index contributed by atoms with van der Waals surface area (Å²) in [6.07, 6.45) is 5.72. The van der Waals surface area contributed by atoms with Crippen LogP contribution >= 0.6 is 0 Å². The van der Waals surface area contributed by atoms with Gasteiger partial charge in [-0.25, -0.2) is 23.3 Å². The molecular formula is C19H29F2N5. The van der Waals surface area contributed by atoms with Crippen molar-refractivity contribution < 1.29 is 8.78 Å². The van der Waals surface area contributed by atoms with E-state index in [1.165, 1.54) is 12.8 Å². The molecule has 144 valence electrons. The normalized spacial score (nSPS) is 21.1. The first-order valence-corrected chi connectivity index (χ1v) is 9.59. The summed E-state index contributed by atoms with van der Waals surface area (Å²) >= 11 is 0. The molecule has 1 fully saturated rings. The molecule has 1 saturated heterocycles. The Balaban J connectivity index is 1.80. The lowest BCUT2D eigenvalue weighted by atomic mass is 9.88. The number of piperidine rings is 1. The SMILES string of the molecule is Cc1nn2cc(C(C)C(C)CCC(C)(F)F)nc2nc1C1CCCCN1. The lowest BCUT2D eigenvalue weighted by molar-refractivity contribution is 0.00643. The van der Waals surface area contributed by atoms with E-state index in [0.717, 1.165) is 37.0 Å². The van der Waals surface area contributed by atoms with Crippen LogP contribution < -0.4 is 5.32 Å². The minimum absolute atomic E-state index is 0.0809. The van der Waals surface area contributed by atoms with Gasteiger partial charge in [0.25, 0.3) is 5.78 Å². The van der Waals surface area contributed by atoms with Gasteiger partial charge in [0.2, 0.25) is 5.92 Å². The number of halogens is 2. The van der Waals surface area contributed by atoms with Gasteiger partial charge < -0.3 is 5.32 Å². The van der Waals surface area contributed by atoms with Crippen LogP contribution in [0.2, 0.25) is 0 Å². The second-order valence-electron chi connectivity index (χ2n) is 7.87. The Hall–Kier alpha value is -1.63. The molecule has 0 radical (unpaired) electrons. The van der Waals surface area contributed by atoms with Crippen LogP contribution in [-0.4, -0.2) is 32.0 Å². The van der Waals surface area contributed by atoms with Crippen molar-refractivity contribution in [2.75, 3.05) is 6.54 Å². The summed E-state index contributed by atoms with van der Waals surface area (Å²) in [7, 11) is 0. The van der Waals surface area contributed by atoms with Crippen molar-refractivity contribution in [2.24, 2.45) is 5.92 Å². The maximum absolute atomic E-state index is 13.1. The number of nitrogens with zero attached hydrogens (tertiary/aromatic N) is 4. The Morgan fingerprint density at radius 1 is 1.31 bits per heavy atom. The molecule has 1 N–H and O–H groups in total. The van der Waals surface area contributed by atoms with Gasteiger partial charge in [-0.2, -0.15) is 5.10 Å². The number of hydrogen-bond donors (Lipinski definition) is 1. The number of imidazole rings is 1. The molecule has 2 aromatic heterocycles. The predicted octanol–water partition coefficient (Wildman–Crippen LogP) is 4.42. The number of hydrogen-bond acceptors (Lipinski definition) is 4. The highest BCUT2D eigenvalue weighted by Crippen LogP contribution is 2.31. The van der Waals surface area contributed by atoms with E-state index < -0.39 is 5.92 Å². The van der Waals surface area contributed by atoms with Crippen LogP contribution in [0.25, 0.3) is 5.78 Å². The first kappa shape index (κ1) is 19.1. The van der Waals surface area contributed by atoms with Crippen LogP contribution in [0, 0.1) is 12.8 Å². The lowest BCUT2D eigenvalue weighted by Crippen LogP contribution is -2.28. The molecule has 0 spiro atoms. The van der Waals surface area contributed by atoms with Gasteiger partial charge in [0, 0.05) is 12.3 Å². The van der Waals surface area contributed by atoms with Gasteiger partial charge in [-0.3, -0.25) is 0 Å². The third kappa shape index (κ3) is 4.37. The van der Waals surface area contributed by atoms with Crippen LogP contribution in [0.3, 0.4) is 0 Å². The molecule has 0 aliphatic carbocycles. The maximum Gasteiger partial charge on any atom is 0.251 e. The first-order valence-electron chi connectivity index (χ1n) is 9.59. The second-order valence-corrected chi connectivity index (χ2v) is 7.87. The Kier molecular flexibility index (Phi) is 5.55. The maximum atomic E-state index is 13.1. The summed E-state index contributed by atoms with van der Waals surface area (Å²) in [4.78, 5) is 9.40. The summed E-state index contributed by atoms with van der Waals surface area (Å²) < 4.78 is 28.0. The first-order chi connectivity index (χ1) is 12.2. The predicted molar refractivity (Wildman–Crippen MR) is 97.5 cm³/mol. The van der Waals surface area contributed by atoms with Gasteiger partial charge in [-0.15, -0.1) is 0 Å². The number of aromatic nitrogens is 4. The quantitative estimate of drug-likeness (QED) is 0.823. The van der Waals surface area contributed by atoms with Crippen LogP contribution in [0.15, 0.2) is 6.20 Å². The molecule has 0 aromatic carbocycles. The van der Waals surface area contributed by atoms with E-state index in [1.807, 2.05) is 27.0 Å². The average Bonchev–Trinajstić information content (AvgIpc) is 3.01. The van der Waals surface area contributed by atoms with Crippen LogP contribution in [0.1, 0.15) is 81.9 Å². The third-order valence-electron chi connectivity index (χ3n) is 5.54. The van der Waals surface area contributed by atoms with E-state index in [0.29, 0.717) is 12.2 Å². The molecule has 5 nitrogen and oxygen atoms in total. The van der Waals surface area contributed by atoms with E-state index in [2.05, 4.69) is 15.4 Å².